The minimum Gasteiger partial charge on any atom is -0.372 e. The smallest absolute Gasteiger partial charge is 0.251 e. The van der Waals surface area contributed by atoms with Crippen molar-refractivity contribution in [3.05, 3.63) is 59.2 Å². The van der Waals surface area contributed by atoms with Crippen LogP contribution in [0.3, 0.4) is 0 Å². The molecule has 6 nitrogen and oxygen atoms in total. The Morgan fingerprint density at radius 2 is 1.75 bits per heavy atom. The summed E-state index contributed by atoms with van der Waals surface area (Å²) in [6.07, 6.45) is 3.63. The average molecular weight is 402 g/mol. The molecule has 1 N–H and O–H groups in total. The highest BCUT2D eigenvalue weighted by molar-refractivity contribution is 7.92. The van der Waals surface area contributed by atoms with Gasteiger partial charge in [0.1, 0.15) is 0 Å². The number of hydrogen-bond acceptors (Lipinski definition) is 4. The van der Waals surface area contributed by atoms with E-state index in [-0.39, 0.29) is 5.91 Å². The van der Waals surface area contributed by atoms with Gasteiger partial charge in [0.15, 0.2) is 0 Å². The maximum absolute atomic E-state index is 12.7. The minimum atomic E-state index is -3.39. The third-order valence-electron chi connectivity index (χ3n) is 5.25. The molecular formula is C21H27N3O3S. The lowest BCUT2D eigenvalue weighted by atomic mass is 10.1. The second kappa shape index (κ2) is 8.22. The molecule has 1 heterocycles. The molecule has 0 aromatic heterocycles. The number of sulfonamides is 1. The normalized spacial score (nSPS) is 14.2. The van der Waals surface area contributed by atoms with Gasteiger partial charge < -0.3 is 10.2 Å². The molecule has 1 aliphatic heterocycles. The summed E-state index contributed by atoms with van der Waals surface area (Å²) in [4.78, 5) is 15.0. The van der Waals surface area contributed by atoms with E-state index in [0.29, 0.717) is 23.4 Å². The van der Waals surface area contributed by atoms with Crippen LogP contribution in [0, 0.1) is 6.92 Å². The lowest BCUT2D eigenvalue weighted by Gasteiger charge is -2.20. The SMILES string of the molecule is Cc1c(C(=O)NCc2ccc(N3CCCC3)cc2)cccc1N(C)S(C)(=O)=O. The summed E-state index contributed by atoms with van der Waals surface area (Å²) in [5.41, 5.74) is 3.86. The highest BCUT2D eigenvalue weighted by atomic mass is 32.2. The molecule has 0 atom stereocenters. The Hall–Kier alpha value is -2.54. The first-order valence-corrected chi connectivity index (χ1v) is 11.3. The van der Waals surface area contributed by atoms with Crippen LogP contribution >= 0.6 is 0 Å². The van der Waals surface area contributed by atoms with Crippen LogP contribution in [0.1, 0.15) is 34.3 Å². The van der Waals surface area contributed by atoms with Crippen LogP contribution in [-0.4, -0.2) is 40.7 Å². The number of rotatable bonds is 6. The summed E-state index contributed by atoms with van der Waals surface area (Å²) >= 11 is 0. The quantitative estimate of drug-likeness (QED) is 0.808. The molecule has 0 unspecified atom stereocenters. The van der Waals surface area contributed by atoms with Crippen molar-refractivity contribution in [2.24, 2.45) is 0 Å². The number of amides is 1. The fourth-order valence-electron chi connectivity index (χ4n) is 3.47. The molecule has 0 radical (unpaired) electrons. The summed E-state index contributed by atoms with van der Waals surface area (Å²) in [5.74, 6) is -0.218. The van der Waals surface area contributed by atoms with E-state index >= 15 is 0 Å². The molecule has 2 aromatic carbocycles. The van der Waals surface area contributed by atoms with Crippen LogP contribution in [0.25, 0.3) is 0 Å². The van der Waals surface area contributed by atoms with Crippen molar-refractivity contribution < 1.29 is 13.2 Å². The Balaban J connectivity index is 1.68. The number of anilines is 2. The van der Waals surface area contributed by atoms with Gasteiger partial charge in [0, 0.05) is 37.9 Å². The molecule has 0 saturated carbocycles. The summed E-state index contributed by atoms with van der Waals surface area (Å²) in [6.45, 7) is 4.39. The van der Waals surface area contributed by atoms with Gasteiger partial charge in [-0.2, -0.15) is 0 Å². The number of carbonyl (C=O) groups excluding carboxylic acids is 1. The fourth-order valence-corrected chi connectivity index (χ4v) is 4.02. The molecule has 150 valence electrons. The van der Waals surface area contributed by atoms with E-state index in [1.165, 1.54) is 29.9 Å². The summed E-state index contributed by atoms with van der Waals surface area (Å²) in [6, 6.07) is 13.4. The van der Waals surface area contributed by atoms with Gasteiger partial charge in [-0.25, -0.2) is 8.42 Å². The topological polar surface area (TPSA) is 69.7 Å². The van der Waals surface area contributed by atoms with E-state index in [1.807, 2.05) is 12.1 Å². The van der Waals surface area contributed by atoms with Crippen molar-refractivity contribution in [3.8, 4) is 0 Å². The molecule has 0 aliphatic carbocycles. The number of carbonyl (C=O) groups is 1. The highest BCUT2D eigenvalue weighted by Gasteiger charge is 2.18. The highest BCUT2D eigenvalue weighted by Crippen LogP contribution is 2.24. The van der Waals surface area contributed by atoms with E-state index in [1.54, 1.807) is 25.1 Å². The van der Waals surface area contributed by atoms with Crippen molar-refractivity contribution in [1.82, 2.24) is 5.32 Å². The zero-order valence-electron chi connectivity index (χ0n) is 16.6. The first kappa shape index (κ1) is 20.2. The largest absolute Gasteiger partial charge is 0.372 e. The fraction of sp³-hybridized carbons (Fsp3) is 0.381. The van der Waals surface area contributed by atoms with Gasteiger partial charge in [-0.15, -0.1) is 0 Å². The van der Waals surface area contributed by atoms with Crippen LogP contribution in [0.15, 0.2) is 42.5 Å². The van der Waals surface area contributed by atoms with Gasteiger partial charge in [-0.05, 0) is 55.2 Å². The zero-order valence-corrected chi connectivity index (χ0v) is 17.4. The van der Waals surface area contributed by atoms with E-state index in [2.05, 4.69) is 22.3 Å². The van der Waals surface area contributed by atoms with E-state index in [4.69, 9.17) is 0 Å². The molecule has 1 saturated heterocycles. The number of nitrogens with one attached hydrogen (secondary N) is 1. The second-order valence-corrected chi connectivity index (χ2v) is 9.24. The monoisotopic (exact) mass is 401 g/mol. The summed E-state index contributed by atoms with van der Waals surface area (Å²) < 4.78 is 24.8. The molecular weight excluding hydrogens is 374 g/mol. The van der Waals surface area contributed by atoms with Gasteiger partial charge in [-0.3, -0.25) is 9.10 Å². The zero-order chi connectivity index (χ0) is 20.3. The molecule has 28 heavy (non-hydrogen) atoms. The number of hydrogen-bond donors (Lipinski definition) is 1. The van der Waals surface area contributed by atoms with E-state index < -0.39 is 10.0 Å². The Morgan fingerprint density at radius 1 is 1.11 bits per heavy atom. The Kier molecular flexibility index (Phi) is 5.93. The average Bonchev–Trinajstić information content (AvgIpc) is 3.20. The molecule has 7 heteroatoms. The molecule has 1 amide bonds. The van der Waals surface area contributed by atoms with Gasteiger partial charge >= 0.3 is 0 Å². The lowest BCUT2D eigenvalue weighted by Crippen LogP contribution is -2.28. The van der Waals surface area contributed by atoms with Crippen molar-refractivity contribution >= 4 is 27.3 Å². The first-order chi connectivity index (χ1) is 13.3. The maximum Gasteiger partial charge on any atom is 0.251 e. The van der Waals surface area contributed by atoms with Gasteiger partial charge in [0.25, 0.3) is 5.91 Å². The maximum atomic E-state index is 12.7. The predicted octanol–water partition coefficient (Wildman–Crippen LogP) is 2.92. The van der Waals surface area contributed by atoms with E-state index in [0.717, 1.165) is 24.9 Å². The van der Waals surface area contributed by atoms with Crippen molar-refractivity contribution in [2.45, 2.75) is 26.3 Å². The lowest BCUT2D eigenvalue weighted by molar-refractivity contribution is 0.0950. The molecule has 3 rings (SSSR count). The standard InChI is InChI=1S/C21H27N3O3S/c1-16-19(7-6-8-20(16)23(2)28(3,26)27)21(25)22-15-17-9-11-18(12-10-17)24-13-4-5-14-24/h6-12H,4-5,13-15H2,1-3H3,(H,22,25). The van der Waals surface area contributed by atoms with Gasteiger partial charge in [0.2, 0.25) is 10.0 Å². The molecule has 2 aromatic rings. The Bertz CT molecular complexity index is 949. The molecule has 1 fully saturated rings. The Labute approximate surface area is 167 Å². The Morgan fingerprint density at radius 3 is 2.36 bits per heavy atom. The van der Waals surface area contributed by atoms with E-state index in [9.17, 15) is 13.2 Å². The van der Waals surface area contributed by atoms with Crippen molar-refractivity contribution in [1.29, 1.82) is 0 Å². The van der Waals surface area contributed by atoms with Gasteiger partial charge in [0.05, 0.1) is 11.9 Å². The third-order valence-corrected chi connectivity index (χ3v) is 6.44. The van der Waals surface area contributed by atoms with Crippen LogP contribution in [0.4, 0.5) is 11.4 Å². The van der Waals surface area contributed by atoms with Gasteiger partial charge in [-0.1, -0.05) is 18.2 Å². The first-order valence-electron chi connectivity index (χ1n) is 9.43. The van der Waals surface area contributed by atoms with Crippen molar-refractivity contribution in [3.63, 3.8) is 0 Å². The predicted molar refractivity (Wildman–Crippen MR) is 113 cm³/mol. The minimum absolute atomic E-state index is 0.218. The second-order valence-electron chi connectivity index (χ2n) is 7.22. The summed E-state index contributed by atoms with van der Waals surface area (Å²) in [7, 11) is -1.90. The van der Waals surface area contributed by atoms with Crippen LogP contribution < -0.4 is 14.5 Å². The molecule has 0 bridgehead atoms. The molecule has 0 spiro atoms. The van der Waals surface area contributed by atoms with Crippen LogP contribution in [0.5, 0.6) is 0 Å². The van der Waals surface area contributed by atoms with Crippen LogP contribution in [0.2, 0.25) is 0 Å². The number of nitrogens with zero attached hydrogens (tertiary/aromatic N) is 2. The number of benzene rings is 2. The third kappa shape index (κ3) is 4.47. The molecule has 1 aliphatic rings. The van der Waals surface area contributed by atoms with Crippen LogP contribution in [-0.2, 0) is 16.6 Å². The van der Waals surface area contributed by atoms with Crippen molar-refractivity contribution in [2.75, 3.05) is 35.6 Å². The summed E-state index contributed by atoms with van der Waals surface area (Å²) in [5, 5.41) is 2.93.